The molecule has 0 saturated carbocycles. The zero-order valence-electron chi connectivity index (χ0n) is 12.8. The van der Waals surface area contributed by atoms with Crippen LogP contribution in [0.25, 0.3) is 11.4 Å². The van der Waals surface area contributed by atoms with E-state index in [0.717, 1.165) is 5.56 Å². The third-order valence-corrected chi connectivity index (χ3v) is 3.28. The molecular formula is C16H19N3O3. The van der Waals surface area contributed by atoms with Crippen molar-refractivity contribution in [3.8, 4) is 11.4 Å². The third kappa shape index (κ3) is 3.52. The van der Waals surface area contributed by atoms with E-state index in [1.54, 1.807) is 51.4 Å². The van der Waals surface area contributed by atoms with Gasteiger partial charge in [-0.1, -0.05) is 32.9 Å². The van der Waals surface area contributed by atoms with Crippen LogP contribution < -0.4 is 5.32 Å². The molecule has 0 saturated heterocycles. The molecule has 6 heteroatoms. The maximum absolute atomic E-state index is 12.3. The van der Waals surface area contributed by atoms with Gasteiger partial charge >= 0.3 is 5.97 Å². The average molecular weight is 301 g/mol. The average Bonchev–Trinajstić information content (AvgIpc) is 2.90. The molecule has 2 aromatic rings. The minimum atomic E-state index is -1.13. The first-order chi connectivity index (χ1) is 10.3. The second-order valence-corrected chi connectivity index (χ2v) is 6.15. The van der Waals surface area contributed by atoms with Crippen LogP contribution in [0.15, 0.2) is 36.7 Å². The highest BCUT2D eigenvalue weighted by Gasteiger charge is 2.37. The Labute approximate surface area is 128 Å². The van der Waals surface area contributed by atoms with E-state index in [1.807, 2.05) is 6.07 Å². The van der Waals surface area contributed by atoms with Gasteiger partial charge in [-0.3, -0.25) is 9.59 Å². The molecule has 1 amide bonds. The molecule has 1 aromatic heterocycles. The summed E-state index contributed by atoms with van der Waals surface area (Å²) in [4.78, 5) is 30.8. The zero-order valence-corrected chi connectivity index (χ0v) is 12.8. The van der Waals surface area contributed by atoms with Gasteiger partial charge in [0.15, 0.2) is 0 Å². The van der Waals surface area contributed by atoms with E-state index in [1.165, 1.54) is 0 Å². The Balaban J connectivity index is 2.22. The minimum absolute atomic E-state index is 0.531. The number of imidazole rings is 1. The fourth-order valence-corrected chi connectivity index (χ4v) is 2.26. The maximum Gasteiger partial charge on any atom is 0.316 e. The predicted molar refractivity (Wildman–Crippen MR) is 83.2 cm³/mol. The predicted octanol–water partition coefficient (Wildman–Crippen LogP) is 2.76. The van der Waals surface area contributed by atoms with Gasteiger partial charge in [0.25, 0.3) is 0 Å². The number of hydrogen-bond acceptors (Lipinski definition) is 3. The molecule has 1 heterocycles. The quantitative estimate of drug-likeness (QED) is 0.757. The third-order valence-electron chi connectivity index (χ3n) is 3.28. The number of amides is 1. The zero-order chi connectivity index (χ0) is 16.3. The number of H-pyrrole nitrogens is 1. The van der Waals surface area contributed by atoms with E-state index >= 15 is 0 Å². The lowest BCUT2D eigenvalue weighted by atomic mass is 9.80. The summed E-state index contributed by atoms with van der Waals surface area (Å²) in [5, 5.41) is 12.0. The number of aliphatic carboxylic acids is 1. The van der Waals surface area contributed by atoms with Gasteiger partial charge in [0.2, 0.25) is 5.91 Å². The van der Waals surface area contributed by atoms with Gasteiger partial charge in [0.1, 0.15) is 11.7 Å². The second-order valence-electron chi connectivity index (χ2n) is 6.15. The number of nitrogens with one attached hydrogen (secondary N) is 2. The summed E-state index contributed by atoms with van der Waals surface area (Å²) in [6.07, 6.45) is 3.35. The van der Waals surface area contributed by atoms with E-state index in [0.29, 0.717) is 11.5 Å². The van der Waals surface area contributed by atoms with E-state index in [4.69, 9.17) is 0 Å². The number of nitrogens with zero attached hydrogens (tertiary/aromatic N) is 1. The summed E-state index contributed by atoms with van der Waals surface area (Å²) in [6.45, 7) is 5.18. The van der Waals surface area contributed by atoms with Crippen molar-refractivity contribution in [1.82, 2.24) is 9.97 Å². The number of benzene rings is 1. The Bertz CT molecular complexity index is 672. The monoisotopic (exact) mass is 301 g/mol. The highest BCUT2D eigenvalue weighted by molar-refractivity contribution is 6.05. The molecule has 1 aromatic carbocycles. The molecule has 22 heavy (non-hydrogen) atoms. The van der Waals surface area contributed by atoms with Crippen LogP contribution in [0.2, 0.25) is 0 Å². The van der Waals surface area contributed by atoms with Crippen molar-refractivity contribution in [2.24, 2.45) is 11.3 Å². The highest BCUT2D eigenvalue weighted by Crippen LogP contribution is 2.28. The lowest BCUT2D eigenvalue weighted by molar-refractivity contribution is -0.149. The van der Waals surface area contributed by atoms with Gasteiger partial charge in [-0.15, -0.1) is 0 Å². The Hall–Kier alpha value is -2.63. The van der Waals surface area contributed by atoms with Gasteiger partial charge in [-0.05, 0) is 17.5 Å². The Morgan fingerprint density at radius 3 is 2.59 bits per heavy atom. The lowest BCUT2D eigenvalue weighted by Gasteiger charge is -2.25. The van der Waals surface area contributed by atoms with Crippen molar-refractivity contribution in [2.45, 2.75) is 20.8 Å². The number of aromatic nitrogens is 2. The topological polar surface area (TPSA) is 95.1 Å². The van der Waals surface area contributed by atoms with Gasteiger partial charge < -0.3 is 15.4 Å². The minimum Gasteiger partial charge on any atom is -0.481 e. The molecule has 0 aliphatic heterocycles. The van der Waals surface area contributed by atoms with E-state index in [9.17, 15) is 14.7 Å². The molecule has 0 aliphatic rings. The fourth-order valence-electron chi connectivity index (χ4n) is 2.26. The van der Waals surface area contributed by atoms with Gasteiger partial charge in [-0.25, -0.2) is 4.98 Å². The maximum atomic E-state index is 12.3. The van der Waals surface area contributed by atoms with Crippen LogP contribution in [-0.2, 0) is 9.59 Å². The molecule has 2 rings (SSSR count). The largest absolute Gasteiger partial charge is 0.481 e. The molecular weight excluding hydrogens is 282 g/mol. The summed E-state index contributed by atoms with van der Waals surface area (Å²) >= 11 is 0. The van der Waals surface area contributed by atoms with Crippen LogP contribution in [0.5, 0.6) is 0 Å². The van der Waals surface area contributed by atoms with Crippen LogP contribution in [0.1, 0.15) is 20.8 Å². The number of anilines is 1. The van der Waals surface area contributed by atoms with Crippen LogP contribution in [0, 0.1) is 11.3 Å². The SMILES string of the molecule is CC(C)(C)C(C(=O)O)C(=O)Nc1cccc(-c2ncc[nH]2)c1. The fraction of sp³-hybridized carbons (Fsp3) is 0.312. The number of carbonyl (C=O) groups is 2. The number of rotatable bonds is 4. The number of carboxylic acid groups (broad SMARTS) is 1. The number of carbonyl (C=O) groups excluding carboxylic acids is 1. The summed E-state index contributed by atoms with van der Waals surface area (Å²) in [5.41, 5.74) is 0.675. The first-order valence-corrected chi connectivity index (χ1v) is 6.92. The summed E-state index contributed by atoms with van der Waals surface area (Å²) in [6, 6.07) is 7.09. The van der Waals surface area contributed by atoms with Gasteiger partial charge in [0.05, 0.1) is 0 Å². The molecule has 1 atom stereocenters. The second kappa shape index (κ2) is 6.01. The van der Waals surface area contributed by atoms with Crippen molar-refractivity contribution in [3.63, 3.8) is 0 Å². The number of aromatic amines is 1. The van der Waals surface area contributed by atoms with E-state index in [-0.39, 0.29) is 0 Å². The van der Waals surface area contributed by atoms with E-state index < -0.39 is 23.2 Å². The number of carboxylic acids is 1. The summed E-state index contributed by atoms with van der Waals surface area (Å²) in [7, 11) is 0. The highest BCUT2D eigenvalue weighted by atomic mass is 16.4. The van der Waals surface area contributed by atoms with Crippen molar-refractivity contribution >= 4 is 17.6 Å². The molecule has 6 nitrogen and oxygen atoms in total. The molecule has 0 fully saturated rings. The van der Waals surface area contributed by atoms with Crippen molar-refractivity contribution in [3.05, 3.63) is 36.7 Å². The molecule has 116 valence electrons. The number of hydrogen-bond donors (Lipinski definition) is 3. The van der Waals surface area contributed by atoms with Crippen LogP contribution in [0.4, 0.5) is 5.69 Å². The Morgan fingerprint density at radius 2 is 2.05 bits per heavy atom. The first-order valence-electron chi connectivity index (χ1n) is 6.92. The Morgan fingerprint density at radius 1 is 1.32 bits per heavy atom. The first kappa shape index (κ1) is 15.8. The molecule has 0 radical (unpaired) electrons. The Kier molecular flexibility index (Phi) is 4.30. The van der Waals surface area contributed by atoms with Gasteiger partial charge in [0, 0.05) is 23.6 Å². The molecule has 1 unspecified atom stereocenters. The smallest absolute Gasteiger partial charge is 0.316 e. The van der Waals surface area contributed by atoms with Crippen molar-refractivity contribution in [2.75, 3.05) is 5.32 Å². The molecule has 0 spiro atoms. The summed E-state index contributed by atoms with van der Waals surface area (Å²) < 4.78 is 0. The van der Waals surface area contributed by atoms with E-state index in [2.05, 4.69) is 15.3 Å². The van der Waals surface area contributed by atoms with Crippen molar-refractivity contribution in [1.29, 1.82) is 0 Å². The molecule has 3 N–H and O–H groups in total. The van der Waals surface area contributed by atoms with Crippen molar-refractivity contribution < 1.29 is 14.7 Å². The van der Waals surface area contributed by atoms with Crippen LogP contribution >= 0.6 is 0 Å². The summed E-state index contributed by atoms with van der Waals surface area (Å²) in [5.74, 6) is -2.11. The molecule has 0 aliphatic carbocycles. The van der Waals surface area contributed by atoms with Gasteiger partial charge in [-0.2, -0.15) is 0 Å². The lowest BCUT2D eigenvalue weighted by Crippen LogP contribution is -2.39. The standard InChI is InChI=1S/C16H19N3O3/c1-16(2,3)12(15(21)22)14(20)19-11-6-4-5-10(9-11)13-17-7-8-18-13/h4-9,12H,1-3H3,(H,17,18)(H,19,20)(H,21,22). The van der Waals surface area contributed by atoms with Crippen LogP contribution in [-0.4, -0.2) is 27.0 Å². The van der Waals surface area contributed by atoms with Crippen LogP contribution in [0.3, 0.4) is 0 Å². The molecule has 0 bridgehead atoms. The normalized spacial score (nSPS) is 12.7.